The first kappa shape index (κ1) is 25.2. The predicted octanol–water partition coefficient (Wildman–Crippen LogP) is 3.72. The lowest BCUT2D eigenvalue weighted by Gasteiger charge is -2.33. The second kappa shape index (κ2) is 9.61. The number of rotatable bonds is 6. The molecule has 4 rings (SSSR count). The maximum Gasteiger partial charge on any atom is 0.240 e. The van der Waals surface area contributed by atoms with Gasteiger partial charge in [0.1, 0.15) is 0 Å². The zero-order chi connectivity index (χ0) is 24.7. The summed E-state index contributed by atoms with van der Waals surface area (Å²) < 4.78 is 28.8. The minimum absolute atomic E-state index is 0.0375. The summed E-state index contributed by atoms with van der Waals surface area (Å²) in [5, 5.41) is 3.29. The fourth-order valence-electron chi connectivity index (χ4n) is 5.89. The summed E-state index contributed by atoms with van der Waals surface area (Å²) in [6, 6.07) is 5.22. The lowest BCUT2D eigenvalue weighted by Crippen LogP contribution is -2.44. The van der Waals surface area contributed by atoms with Crippen molar-refractivity contribution >= 4 is 27.5 Å². The van der Waals surface area contributed by atoms with Gasteiger partial charge in [0.2, 0.25) is 21.8 Å². The van der Waals surface area contributed by atoms with Crippen LogP contribution in [0.15, 0.2) is 23.1 Å². The van der Waals surface area contributed by atoms with E-state index in [1.807, 2.05) is 13.8 Å². The molecule has 1 heterocycles. The maximum atomic E-state index is 13.0. The van der Waals surface area contributed by atoms with E-state index in [9.17, 15) is 18.0 Å². The van der Waals surface area contributed by atoms with Crippen LogP contribution in [0.3, 0.4) is 0 Å². The molecular formula is C26H39N3O4S. The average molecular weight is 490 g/mol. The van der Waals surface area contributed by atoms with E-state index in [1.165, 1.54) is 19.3 Å². The van der Waals surface area contributed by atoms with Crippen LogP contribution in [0.2, 0.25) is 0 Å². The molecule has 0 radical (unpaired) electrons. The summed E-state index contributed by atoms with van der Waals surface area (Å²) >= 11 is 0. The first-order chi connectivity index (χ1) is 16.0. The Morgan fingerprint density at radius 1 is 1.09 bits per heavy atom. The second-order valence-electron chi connectivity index (χ2n) is 11.1. The highest BCUT2D eigenvalue weighted by molar-refractivity contribution is 7.89. The number of carbonyl (C=O) groups excluding carboxylic acids is 2. The van der Waals surface area contributed by atoms with Crippen LogP contribution in [-0.2, 0) is 25.0 Å². The molecule has 34 heavy (non-hydrogen) atoms. The van der Waals surface area contributed by atoms with Gasteiger partial charge >= 0.3 is 0 Å². The van der Waals surface area contributed by atoms with Gasteiger partial charge < -0.3 is 10.2 Å². The Morgan fingerprint density at radius 3 is 2.44 bits per heavy atom. The van der Waals surface area contributed by atoms with E-state index in [2.05, 4.69) is 17.0 Å². The smallest absolute Gasteiger partial charge is 0.240 e. The van der Waals surface area contributed by atoms with E-state index >= 15 is 0 Å². The molecule has 2 atom stereocenters. The first-order valence-electron chi connectivity index (χ1n) is 12.7. The van der Waals surface area contributed by atoms with Crippen LogP contribution in [0.1, 0.15) is 77.7 Å². The Balaban J connectivity index is 1.30. The number of hydrogen-bond donors (Lipinski definition) is 2. The van der Waals surface area contributed by atoms with Crippen LogP contribution >= 0.6 is 0 Å². The van der Waals surface area contributed by atoms with Crippen molar-refractivity contribution < 1.29 is 18.0 Å². The Kier molecular flexibility index (Phi) is 7.11. The topological polar surface area (TPSA) is 95.6 Å². The minimum atomic E-state index is -3.68. The first-order valence-corrected chi connectivity index (χ1v) is 14.2. The zero-order valence-corrected chi connectivity index (χ0v) is 21.7. The molecule has 0 saturated heterocycles. The number of anilines is 1. The van der Waals surface area contributed by atoms with Gasteiger partial charge in [-0.25, -0.2) is 13.1 Å². The summed E-state index contributed by atoms with van der Waals surface area (Å²) in [5.41, 5.74) is 0.749. The van der Waals surface area contributed by atoms with Crippen molar-refractivity contribution in [1.29, 1.82) is 0 Å². The van der Waals surface area contributed by atoms with Crippen molar-refractivity contribution in [3.8, 4) is 0 Å². The van der Waals surface area contributed by atoms with Crippen LogP contribution in [0.25, 0.3) is 0 Å². The molecule has 3 aliphatic rings. The molecular weight excluding hydrogens is 450 g/mol. The number of hydrogen-bond acceptors (Lipinski definition) is 4. The summed E-state index contributed by atoms with van der Waals surface area (Å²) in [5.74, 6) is 0.954. The highest BCUT2D eigenvalue weighted by Crippen LogP contribution is 2.41. The number of likely N-dealkylation sites (N-methyl/N-ethyl adjacent to an activating group) is 1. The van der Waals surface area contributed by atoms with Crippen molar-refractivity contribution in [2.75, 3.05) is 18.5 Å². The molecule has 0 aromatic heterocycles. The standard InChI is InChI=1S/C26H39N3O4S/c1-17-7-5-6-8-22(17)28-24(30)19-11-9-18(10-12-19)16-27-34(32,33)20-13-14-23-21(15-20)26(2,3)25(31)29(23)4/h13-15,17-19,22,27H,5-12,16H2,1-4H3,(H,28,30)/t17-,18?,19?,22-/m0/s1. The minimum Gasteiger partial charge on any atom is -0.353 e. The molecule has 0 spiro atoms. The lowest BCUT2D eigenvalue weighted by atomic mass is 9.80. The van der Waals surface area contributed by atoms with Crippen molar-refractivity contribution in [2.45, 2.75) is 88.5 Å². The van der Waals surface area contributed by atoms with Gasteiger partial charge in [-0.15, -0.1) is 0 Å². The van der Waals surface area contributed by atoms with Crippen molar-refractivity contribution in [3.63, 3.8) is 0 Å². The molecule has 1 aliphatic heterocycles. The molecule has 0 unspecified atom stereocenters. The van der Waals surface area contributed by atoms with Gasteiger partial charge in [-0.05, 0) is 88.0 Å². The fourth-order valence-corrected chi connectivity index (χ4v) is 7.03. The van der Waals surface area contributed by atoms with Crippen LogP contribution in [-0.4, -0.2) is 39.9 Å². The van der Waals surface area contributed by atoms with Gasteiger partial charge in [-0.1, -0.05) is 19.8 Å². The monoisotopic (exact) mass is 489 g/mol. The third kappa shape index (κ3) is 4.89. The molecule has 8 heteroatoms. The second-order valence-corrected chi connectivity index (χ2v) is 12.9. The molecule has 7 nitrogen and oxygen atoms in total. The normalized spacial score (nSPS) is 29.1. The third-order valence-electron chi connectivity index (χ3n) is 8.37. The highest BCUT2D eigenvalue weighted by atomic mass is 32.2. The molecule has 0 bridgehead atoms. The molecule has 2 N–H and O–H groups in total. The Morgan fingerprint density at radius 2 is 1.76 bits per heavy atom. The van der Waals surface area contributed by atoms with E-state index in [0.717, 1.165) is 43.4 Å². The Hall–Kier alpha value is -1.93. The van der Waals surface area contributed by atoms with Gasteiger partial charge in [0.15, 0.2) is 0 Å². The Bertz CT molecular complexity index is 1040. The highest BCUT2D eigenvalue weighted by Gasteiger charge is 2.42. The molecule has 1 aromatic carbocycles. The fraction of sp³-hybridized carbons (Fsp3) is 0.692. The number of nitrogens with zero attached hydrogens (tertiary/aromatic N) is 1. The van der Waals surface area contributed by atoms with Crippen molar-refractivity contribution in [1.82, 2.24) is 10.0 Å². The van der Waals surface area contributed by atoms with Gasteiger partial charge in [0.05, 0.1) is 10.3 Å². The number of sulfonamides is 1. The van der Waals surface area contributed by atoms with E-state index in [4.69, 9.17) is 0 Å². The van der Waals surface area contributed by atoms with Crippen LogP contribution in [0.4, 0.5) is 5.69 Å². The molecule has 2 fully saturated rings. The predicted molar refractivity (Wildman–Crippen MR) is 133 cm³/mol. The molecule has 188 valence electrons. The van der Waals surface area contributed by atoms with Crippen LogP contribution in [0.5, 0.6) is 0 Å². The maximum absolute atomic E-state index is 13.0. The molecule has 1 aromatic rings. The Labute approximate surface area is 204 Å². The van der Waals surface area contributed by atoms with Crippen molar-refractivity contribution in [2.24, 2.45) is 17.8 Å². The molecule has 2 amide bonds. The largest absolute Gasteiger partial charge is 0.353 e. The quantitative estimate of drug-likeness (QED) is 0.637. The van der Waals surface area contributed by atoms with Crippen LogP contribution < -0.4 is 14.9 Å². The summed E-state index contributed by atoms with van der Waals surface area (Å²) in [7, 11) is -1.96. The van der Waals surface area contributed by atoms with Crippen LogP contribution in [0, 0.1) is 17.8 Å². The summed E-state index contributed by atoms with van der Waals surface area (Å²) in [6.45, 7) is 6.25. The van der Waals surface area contributed by atoms with Gasteiger partial charge in [-0.3, -0.25) is 9.59 Å². The average Bonchev–Trinajstić information content (AvgIpc) is 2.99. The summed E-state index contributed by atoms with van der Waals surface area (Å²) in [4.78, 5) is 27.1. The lowest BCUT2D eigenvalue weighted by molar-refractivity contribution is -0.127. The van der Waals surface area contributed by atoms with E-state index < -0.39 is 15.4 Å². The van der Waals surface area contributed by atoms with Gasteiger partial charge in [0.25, 0.3) is 0 Å². The van der Waals surface area contributed by atoms with Crippen molar-refractivity contribution in [3.05, 3.63) is 23.8 Å². The summed E-state index contributed by atoms with van der Waals surface area (Å²) in [6.07, 6.45) is 8.01. The molecule has 2 saturated carbocycles. The number of carbonyl (C=O) groups is 2. The number of benzene rings is 1. The number of nitrogens with one attached hydrogen (secondary N) is 2. The van der Waals surface area contributed by atoms with Gasteiger partial charge in [-0.2, -0.15) is 0 Å². The van der Waals surface area contributed by atoms with E-state index in [1.54, 1.807) is 30.1 Å². The SMILES string of the molecule is C[C@H]1CCCC[C@@H]1NC(=O)C1CCC(CNS(=O)(=O)c2ccc3c(c2)C(C)(C)C(=O)N3C)CC1. The van der Waals surface area contributed by atoms with E-state index in [-0.39, 0.29) is 28.5 Å². The third-order valence-corrected chi connectivity index (χ3v) is 9.79. The van der Waals surface area contributed by atoms with Gasteiger partial charge in [0, 0.05) is 31.2 Å². The number of amides is 2. The zero-order valence-electron chi connectivity index (χ0n) is 20.9. The van der Waals surface area contributed by atoms with E-state index in [0.29, 0.717) is 18.5 Å². The molecule has 2 aliphatic carbocycles. The number of fused-ring (bicyclic) bond motifs is 1.